The Morgan fingerprint density at radius 2 is 2.00 bits per heavy atom. The number of halogens is 1. The van der Waals surface area contributed by atoms with Crippen molar-refractivity contribution in [3.8, 4) is 5.75 Å². The molecule has 0 spiro atoms. The van der Waals surface area contributed by atoms with E-state index >= 15 is 0 Å². The topological polar surface area (TPSA) is 21.3 Å². The van der Waals surface area contributed by atoms with Gasteiger partial charge in [0.2, 0.25) is 0 Å². The third-order valence-electron chi connectivity index (χ3n) is 2.57. The van der Waals surface area contributed by atoms with Crippen LogP contribution in [0.15, 0.2) is 18.2 Å². The Morgan fingerprint density at radius 3 is 2.79 bits per heavy atom. The standard InChI is InChI=1S/C11H15NO.ClH/c1-13-11-4-2-3-9-5-7-12-8-6-10(9)11;/h2-4,12H,5-8H2,1H3;1H. The van der Waals surface area contributed by atoms with Crippen LogP contribution >= 0.6 is 12.4 Å². The van der Waals surface area contributed by atoms with Crippen LogP contribution in [0.2, 0.25) is 0 Å². The number of hydrogen-bond donors (Lipinski definition) is 1. The Balaban J connectivity index is 0.000000980. The largest absolute Gasteiger partial charge is 0.496 e. The van der Waals surface area contributed by atoms with E-state index in [1.165, 1.54) is 11.1 Å². The molecule has 0 atom stereocenters. The highest BCUT2D eigenvalue weighted by atomic mass is 35.5. The predicted octanol–water partition coefficient (Wildman–Crippen LogP) is 1.81. The molecule has 78 valence electrons. The summed E-state index contributed by atoms with van der Waals surface area (Å²) in [6.07, 6.45) is 2.20. The van der Waals surface area contributed by atoms with Gasteiger partial charge in [-0.05, 0) is 43.1 Å². The van der Waals surface area contributed by atoms with Gasteiger partial charge in [-0.3, -0.25) is 0 Å². The van der Waals surface area contributed by atoms with E-state index in [9.17, 15) is 0 Å². The molecule has 0 saturated carbocycles. The Kier molecular flexibility index (Phi) is 4.23. The molecular weight excluding hydrogens is 198 g/mol. The summed E-state index contributed by atoms with van der Waals surface area (Å²) in [7, 11) is 1.74. The van der Waals surface area contributed by atoms with Gasteiger partial charge in [0.15, 0.2) is 0 Å². The molecule has 0 bridgehead atoms. The zero-order chi connectivity index (χ0) is 9.10. The van der Waals surface area contributed by atoms with E-state index in [2.05, 4.69) is 17.4 Å². The second kappa shape index (κ2) is 5.23. The second-order valence-corrected chi connectivity index (χ2v) is 3.35. The predicted molar refractivity (Wildman–Crippen MR) is 60.5 cm³/mol. The summed E-state index contributed by atoms with van der Waals surface area (Å²) in [5.41, 5.74) is 2.82. The third-order valence-corrected chi connectivity index (χ3v) is 2.57. The molecule has 0 unspecified atom stereocenters. The Morgan fingerprint density at radius 1 is 1.21 bits per heavy atom. The maximum Gasteiger partial charge on any atom is 0.122 e. The van der Waals surface area contributed by atoms with E-state index in [1.807, 2.05) is 6.07 Å². The second-order valence-electron chi connectivity index (χ2n) is 3.35. The first-order valence-corrected chi connectivity index (χ1v) is 4.77. The summed E-state index contributed by atoms with van der Waals surface area (Å²) in [6.45, 7) is 2.15. The van der Waals surface area contributed by atoms with Gasteiger partial charge in [0.05, 0.1) is 7.11 Å². The van der Waals surface area contributed by atoms with Crippen molar-refractivity contribution in [2.24, 2.45) is 0 Å². The molecule has 0 saturated heterocycles. The molecule has 2 rings (SSSR count). The van der Waals surface area contributed by atoms with E-state index in [0.29, 0.717) is 0 Å². The fourth-order valence-corrected chi connectivity index (χ4v) is 1.88. The van der Waals surface area contributed by atoms with Gasteiger partial charge in [0.1, 0.15) is 5.75 Å². The zero-order valence-corrected chi connectivity index (χ0v) is 9.19. The molecule has 1 aliphatic heterocycles. The first-order valence-electron chi connectivity index (χ1n) is 4.77. The lowest BCUT2D eigenvalue weighted by Crippen LogP contribution is -2.16. The average molecular weight is 214 g/mol. The van der Waals surface area contributed by atoms with E-state index < -0.39 is 0 Å². The van der Waals surface area contributed by atoms with Crippen LogP contribution in [0, 0.1) is 0 Å². The van der Waals surface area contributed by atoms with Crippen molar-refractivity contribution in [1.29, 1.82) is 0 Å². The molecule has 0 radical (unpaired) electrons. The first-order chi connectivity index (χ1) is 6.42. The summed E-state index contributed by atoms with van der Waals surface area (Å²) >= 11 is 0. The van der Waals surface area contributed by atoms with Crippen molar-refractivity contribution in [3.05, 3.63) is 29.3 Å². The molecule has 2 nitrogen and oxygen atoms in total. The van der Waals surface area contributed by atoms with Gasteiger partial charge in [0.25, 0.3) is 0 Å². The van der Waals surface area contributed by atoms with Crippen LogP contribution in [0.1, 0.15) is 11.1 Å². The van der Waals surface area contributed by atoms with Crippen molar-refractivity contribution in [2.75, 3.05) is 20.2 Å². The Labute approximate surface area is 91.1 Å². The Hall–Kier alpha value is -0.730. The summed E-state index contributed by atoms with van der Waals surface area (Å²) in [6, 6.07) is 6.32. The molecule has 1 aliphatic rings. The van der Waals surface area contributed by atoms with Crippen LogP contribution in [0.4, 0.5) is 0 Å². The number of methoxy groups -OCH3 is 1. The third kappa shape index (κ3) is 2.20. The number of hydrogen-bond acceptors (Lipinski definition) is 2. The quantitative estimate of drug-likeness (QED) is 0.769. The number of fused-ring (bicyclic) bond motifs is 1. The molecule has 0 aromatic heterocycles. The normalized spacial score (nSPS) is 14.9. The van der Waals surface area contributed by atoms with Crippen LogP contribution in [-0.2, 0) is 12.8 Å². The molecule has 1 heterocycles. The number of ether oxygens (including phenoxy) is 1. The van der Waals surface area contributed by atoms with Gasteiger partial charge in [-0.15, -0.1) is 12.4 Å². The molecule has 0 aliphatic carbocycles. The lowest BCUT2D eigenvalue weighted by atomic mass is 10.0. The minimum absolute atomic E-state index is 0. The van der Waals surface area contributed by atoms with Crippen molar-refractivity contribution in [3.63, 3.8) is 0 Å². The maximum absolute atomic E-state index is 5.34. The monoisotopic (exact) mass is 213 g/mol. The summed E-state index contributed by atoms with van der Waals surface area (Å²) in [5, 5.41) is 3.39. The van der Waals surface area contributed by atoms with Crippen molar-refractivity contribution >= 4 is 12.4 Å². The van der Waals surface area contributed by atoms with Gasteiger partial charge in [-0.25, -0.2) is 0 Å². The van der Waals surface area contributed by atoms with E-state index in [4.69, 9.17) is 4.74 Å². The fraction of sp³-hybridized carbons (Fsp3) is 0.455. The molecular formula is C11H16ClNO. The minimum Gasteiger partial charge on any atom is -0.496 e. The van der Waals surface area contributed by atoms with Crippen molar-refractivity contribution in [1.82, 2.24) is 5.32 Å². The van der Waals surface area contributed by atoms with Gasteiger partial charge < -0.3 is 10.1 Å². The van der Waals surface area contributed by atoms with Gasteiger partial charge >= 0.3 is 0 Å². The highest BCUT2D eigenvalue weighted by Crippen LogP contribution is 2.23. The van der Waals surface area contributed by atoms with Crippen LogP contribution in [0.5, 0.6) is 5.75 Å². The van der Waals surface area contributed by atoms with Gasteiger partial charge in [-0.1, -0.05) is 12.1 Å². The number of rotatable bonds is 1. The minimum atomic E-state index is 0. The lowest BCUT2D eigenvalue weighted by Gasteiger charge is -2.09. The lowest BCUT2D eigenvalue weighted by molar-refractivity contribution is 0.409. The van der Waals surface area contributed by atoms with Crippen LogP contribution in [-0.4, -0.2) is 20.2 Å². The molecule has 14 heavy (non-hydrogen) atoms. The van der Waals surface area contributed by atoms with Crippen molar-refractivity contribution < 1.29 is 4.74 Å². The van der Waals surface area contributed by atoms with E-state index in [-0.39, 0.29) is 12.4 Å². The SMILES string of the molecule is COc1cccc2c1CCNCC2.Cl. The molecule has 1 aromatic rings. The highest BCUT2D eigenvalue weighted by Gasteiger charge is 2.10. The van der Waals surface area contributed by atoms with E-state index in [1.54, 1.807) is 7.11 Å². The molecule has 0 fully saturated rings. The number of benzene rings is 1. The first kappa shape index (κ1) is 11.3. The fourth-order valence-electron chi connectivity index (χ4n) is 1.88. The maximum atomic E-state index is 5.34. The average Bonchev–Trinajstić information content (AvgIpc) is 2.41. The Bertz CT molecular complexity index is 301. The summed E-state index contributed by atoms with van der Waals surface area (Å²) < 4.78 is 5.34. The number of nitrogens with one attached hydrogen (secondary N) is 1. The van der Waals surface area contributed by atoms with Gasteiger partial charge in [0, 0.05) is 0 Å². The van der Waals surface area contributed by atoms with Crippen molar-refractivity contribution in [2.45, 2.75) is 12.8 Å². The molecule has 1 N–H and O–H groups in total. The van der Waals surface area contributed by atoms with Gasteiger partial charge in [-0.2, -0.15) is 0 Å². The van der Waals surface area contributed by atoms with E-state index in [0.717, 1.165) is 31.7 Å². The van der Waals surface area contributed by atoms with Crippen LogP contribution < -0.4 is 10.1 Å². The van der Waals surface area contributed by atoms with Crippen LogP contribution in [0.3, 0.4) is 0 Å². The molecule has 1 aromatic carbocycles. The smallest absolute Gasteiger partial charge is 0.122 e. The molecule has 3 heteroatoms. The summed E-state index contributed by atoms with van der Waals surface area (Å²) in [5.74, 6) is 1.04. The van der Waals surface area contributed by atoms with Crippen LogP contribution in [0.25, 0.3) is 0 Å². The highest BCUT2D eigenvalue weighted by molar-refractivity contribution is 5.85. The zero-order valence-electron chi connectivity index (χ0n) is 8.38. The molecule has 0 amide bonds. The summed E-state index contributed by atoms with van der Waals surface area (Å²) in [4.78, 5) is 0.